The molecular weight excluding hydrogens is 398 g/mol. The Morgan fingerprint density at radius 3 is 0.929 bits per heavy atom. The molecule has 0 amide bonds. The van der Waals surface area contributed by atoms with Crippen molar-refractivity contribution in [2.45, 2.75) is 48.4 Å². The molecule has 0 bridgehead atoms. The molecule has 0 unspecified atom stereocenters. The fraction of sp³-hybridized carbons (Fsp3) is 1.00. The van der Waals surface area contributed by atoms with Crippen molar-refractivity contribution in [2.75, 3.05) is 0 Å². The molecule has 0 radical (unpaired) electrons. The van der Waals surface area contributed by atoms with Crippen molar-refractivity contribution in [3.8, 4) is 0 Å². The molecule has 0 aliphatic rings. The van der Waals surface area contributed by atoms with Crippen molar-refractivity contribution in [2.24, 2.45) is 0 Å². The normalized spacial score (nSPS) is 6.14. The second kappa shape index (κ2) is 47.1. The van der Waals surface area contributed by atoms with Crippen LogP contribution in [0.5, 0.6) is 0 Å². The maximum absolute atomic E-state index is 2.23. The van der Waals surface area contributed by atoms with Crippen molar-refractivity contribution in [1.29, 1.82) is 0 Å². The quantitative estimate of drug-likeness (QED) is 0.617. The first-order valence-electron chi connectivity index (χ1n) is 4.12. The second-order valence-corrected chi connectivity index (χ2v) is 5.06. The van der Waals surface area contributed by atoms with Gasteiger partial charge >= 0.3 is 93.5 Å². The Bertz CT molecular complexity index is 40.3. The molecular formula is C8H20O4Sn2. The van der Waals surface area contributed by atoms with Gasteiger partial charge in [-0.05, 0) is 0 Å². The van der Waals surface area contributed by atoms with E-state index in [1.807, 2.05) is 0 Å². The minimum Gasteiger partial charge on any atom is -2.00 e. The van der Waals surface area contributed by atoms with Gasteiger partial charge in [-0.25, -0.2) is 0 Å². The molecule has 0 aromatic rings. The SMILES string of the molecule is CCC[CH2][Sn+3].CCC[CH2][Sn+3].O.[O-2].[O-2].[O-2]. The topological polar surface area (TPSA) is 117 Å². The molecule has 0 atom stereocenters. The van der Waals surface area contributed by atoms with E-state index in [0.29, 0.717) is 0 Å². The van der Waals surface area contributed by atoms with E-state index in [2.05, 4.69) is 13.8 Å². The molecule has 0 aromatic heterocycles. The largest absolute Gasteiger partial charge is 2.00 e. The van der Waals surface area contributed by atoms with Gasteiger partial charge in [0, 0.05) is 0 Å². The van der Waals surface area contributed by atoms with Gasteiger partial charge in [0.2, 0.25) is 0 Å². The van der Waals surface area contributed by atoms with Gasteiger partial charge in [-0.1, -0.05) is 0 Å². The average molecular weight is 418 g/mol. The van der Waals surface area contributed by atoms with E-state index in [1.165, 1.54) is 34.6 Å². The van der Waals surface area contributed by atoms with Crippen molar-refractivity contribution in [3.05, 3.63) is 0 Å². The summed E-state index contributed by atoms with van der Waals surface area (Å²) < 4.78 is 2.87. The third-order valence-corrected chi connectivity index (χ3v) is 3.08. The van der Waals surface area contributed by atoms with Gasteiger partial charge in [0.05, 0.1) is 0 Å². The Labute approximate surface area is 115 Å². The molecule has 0 aromatic carbocycles. The third kappa shape index (κ3) is 70.3. The van der Waals surface area contributed by atoms with Crippen LogP contribution in [0.4, 0.5) is 0 Å². The Morgan fingerprint density at radius 1 is 0.714 bits per heavy atom. The summed E-state index contributed by atoms with van der Waals surface area (Å²) in [5.41, 5.74) is 0. The molecule has 0 aliphatic heterocycles. The van der Waals surface area contributed by atoms with Gasteiger partial charge in [-0.2, -0.15) is 0 Å². The minimum absolute atomic E-state index is 0. The molecule has 0 saturated carbocycles. The summed E-state index contributed by atoms with van der Waals surface area (Å²) in [6, 6.07) is 0. The predicted molar refractivity (Wildman–Crippen MR) is 56.6 cm³/mol. The molecule has 0 spiro atoms. The summed E-state index contributed by atoms with van der Waals surface area (Å²) in [7, 11) is 0. The van der Waals surface area contributed by atoms with Crippen LogP contribution in [0.2, 0.25) is 8.87 Å². The van der Waals surface area contributed by atoms with E-state index in [0.717, 1.165) is 0 Å². The zero-order valence-corrected chi connectivity index (χ0v) is 14.7. The first kappa shape index (κ1) is 36.1. The Balaban J connectivity index is -0.0000000178. The predicted octanol–water partition coefficient (Wildman–Crippen LogP) is 1.57. The molecule has 0 fully saturated rings. The molecule has 2 N–H and O–H groups in total. The minimum atomic E-state index is 0. The van der Waals surface area contributed by atoms with E-state index in [-0.39, 0.29) is 21.9 Å². The first-order valence-corrected chi connectivity index (χ1v) is 8.16. The van der Waals surface area contributed by atoms with Gasteiger partial charge in [0.15, 0.2) is 0 Å². The van der Waals surface area contributed by atoms with Crippen LogP contribution in [0, 0.1) is 0 Å². The smallest absolute Gasteiger partial charge is 0.412 e. The molecule has 6 heteroatoms. The van der Waals surface area contributed by atoms with E-state index in [1.54, 1.807) is 45.0 Å². The fourth-order valence-electron chi connectivity index (χ4n) is 0.354. The van der Waals surface area contributed by atoms with Crippen molar-refractivity contribution >= 4 is 45.0 Å². The summed E-state index contributed by atoms with van der Waals surface area (Å²) in [4.78, 5) is 0. The fourth-order valence-corrected chi connectivity index (χ4v) is 2.37. The summed E-state index contributed by atoms with van der Waals surface area (Å²) >= 11 is 3.37. The zero-order valence-electron chi connectivity index (χ0n) is 8.97. The molecule has 84 valence electrons. The Hall–Kier alpha value is 1.44. The van der Waals surface area contributed by atoms with Gasteiger partial charge in [-0.3, -0.25) is 0 Å². The number of hydrogen-bond acceptors (Lipinski definition) is 0. The van der Waals surface area contributed by atoms with E-state index in [4.69, 9.17) is 0 Å². The van der Waals surface area contributed by atoms with E-state index >= 15 is 0 Å². The van der Waals surface area contributed by atoms with Crippen LogP contribution in [0.25, 0.3) is 0 Å². The van der Waals surface area contributed by atoms with Gasteiger partial charge < -0.3 is 21.9 Å². The van der Waals surface area contributed by atoms with Crippen molar-refractivity contribution in [1.82, 2.24) is 0 Å². The molecule has 0 rings (SSSR count). The Morgan fingerprint density at radius 2 is 0.929 bits per heavy atom. The van der Waals surface area contributed by atoms with Gasteiger partial charge in [-0.15, -0.1) is 0 Å². The first-order chi connectivity index (χ1) is 4.83. The monoisotopic (exact) mass is 420 g/mol. The Kier molecular flexibility index (Phi) is 122. The van der Waals surface area contributed by atoms with Gasteiger partial charge in [0.1, 0.15) is 0 Å². The molecule has 14 heavy (non-hydrogen) atoms. The van der Waals surface area contributed by atoms with Crippen LogP contribution in [0.1, 0.15) is 39.5 Å². The summed E-state index contributed by atoms with van der Waals surface area (Å²) in [5.74, 6) is 0. The zero-order chi connectivity index (χ0) is 8.24. The van der Waals surface area contributed by atoms with E-state index < -0.39 is 0 Å². The van der Waals surface area contributed by atoms with Gasteiger partial charge in [0.25, 0.3) is 0 Å². The maximum Gasteiger partial charge on any atom is -0.412 e. The third-order valence-electron chi connectivity index (χ3n) is 1.06. The summed E-state index contributed by atoms with van der Waals surface area (Å²) in [6.45, 7) is 4.45. The van der Waals surface area contributed by atoms with Crippen LogP contribution in [0.3, 0.4) is 0 Å². The second-order valence-electron chi connectivity index (χ2n) is 2.21. The standard InChI is InChI=1S/2C4H9.H2O.3O.2Sn/c2*1-3-4-2;;;;;;/h2*1,3-4H2,2H3;1H2;;;;;/q;;;3*-2;2*+3. The summed E-state index contributed by atoms with van der Waals surface area (Å²) in [5, 5.41) is 0. The molecule has 0 aliphatic carbocycles. The summed E-state index contributed by atoms with van der Waals surface area (Å²) in [6.07, 6.45) is 5.59. The van der Waals surface area contributed by atoms with Crippen LogP contribution >= 0.6 is 0 Å². The molecule has 0 heterocycles. The van der Waals surface area contributed by atoms with Crippen LogP contribution in [-0.4, -0.2) is 50.5 Å². The van der Waals surface area contributed by atoms with Crippen LogP contribution < -0.4 is 0 Å². The van der Waals surface area contributed by atoms with Crippen LogP contribution in [0.15, 0.2) is 0 Å². The average Bonchev–Trinajstić information content (AvgIpc) is 1.93. The van der Waals surface area contributed by atoms with Crippen LogP contribution in [-0.2, 0) is 16.4 Å². The maximum atomic E-state index is 2.23. The van der Waals surface area contributed by atoms with Crippen molar-refractivity contribution < 1.29 is 21.9 Å². The number of unbranched alkanes of at least 4 members (excludes halogenated alkanes) is 2. The van der Waals surface area contributed by atoms with E-state index in [9.17, 15) is 0 Å². The molecule has 4 nitrogen and oxygen atoms in total. The number of hydrogen-bond donors (Lipinski definition) is 0. The molecule has 0 saturated heterocycles. The van der Waals surface area contributed by atoms with Crippen molar-refractivity contribution in [3.63, 3.8) is 0 Å². The number of rotatable bonds is 4.